The van der Waals surface area contributed by atoms with Crippen LogP contribution in [-0.2, 0) is 13.1 Å². The van der Waals surface area contributed by atoms with Crippen LogP contribution in [-0.4, -0.2) is 45.2 Å². The van der Waals surface area contributed by atoms with Crippen molar-refractivity contribution in [3.8, 4) is 11.1 Å². The van der Waals surface area contributed by atoms with Crippen LogP contribution in [0.1, 0.15) is 38.9 Å². The topological polar surface area (TPSA) is 92.4 Å². The Kier molecular flexibility index (Phi) is 5.45. The maximum atomic E-state index is 13.6. The van der Waals surface area contributed by atoms with Gasteiger partial charge in [0.25, 0.3) is 11.8 Å². The number of hydrogen-bond donors (Lipinski definition) is 1. The number of carbonyl (C=O) groups excluding carboxylic acids is 2. The van der Waals surface area contributed by atoms with E-state index in [1.54, 1.807) is 16.8 Å². The number of nitrogens with zero attached hydrogens (tertiary/aromatic N) is 4. The van der Waals surface area contributed by atoms with Gasteiger partial charge in [-0.3, -0.25) is 9.59 Å². The van der Waals surface area contributed by atoms with E-state index in [-0.39, 0.29) is 23.5 Å². The maximum Gasteiger partial charge on any atom is 0.273 e. The Morgan fingerprint density at radius 1 is 0.971 bits per heavy atom. The van der Waals surface area contributed by atoms with E-state index in [4.69, 9.17) is 5.73 Å². The highest BCUT2D eigenvalue weighted by Crippen LogP contribution is 2.31. The summed E-state index contributed by atoms with van der Waals surface area (Å²) in [5.41, 5.74) is 11.3. The minimum atomic E-state index is -0.192. The first-order valence-corrected chi connectivity index (χ1v) is 11.2. The van der Waals surface area contributed by atoms with Crippen molar-refractivity contribution in [1.29, 1.82) is 0 Å². The van der Waals surface area contributed by atoms with E-state index in [1.807, 2.05) is 73.7 Å². The fourth-order valence-corrected chi connectivity index (χ4v) is 4.37. The minimum Gasteiger partial charge on any atom is -0.368 e. The summed E-state index contributed by atoms with van der Waals surface area (Å²) < 4.78 is 0. The summed E-state index contributed by atoms with van der Waals surface area (Å²) in [7, 11) is 1.78. The highest BCUT2D eigenvalue weighted by molar-refractivity contribution is 6.07. The first kappa shape index (κ1) is 21.6. The molecule has 0 aliphatic carbocycles. The van der Waals surface area contributed by atoms with Gasteiger partial charge in [0, 0.05) is 37.6 Å². The molecule has 0 radical (unpaired) electrons. The van der Waals surface area contributed by atoms with E-state index < -0.39 is 0 Å². The molecule has 3 aromatic carbocycles. The molecular weight excluding hydrogens is 426 g/mol. The SMILES string of the molecule is CCN(C)C(=O)c1ccccc1-c1ccc2nc(N)nc(C(=O)N3Cc4ccccc4C3)c2c1. The molecule has 2 amide bonds. The van der Waals surface area contributed by atoms with Crippen molar-refractivity contribution in [2.45, 2.75) is 20.0 Å². The first-order valence-electron chi connectivity index (χ1n) is 11.2. The molecule has 1 aromatic heterocycles. The van der Waals surface area contributed by atoms with Crippen molar-refractivity contribution < 1.29 is 9.59 Å². The number of nitrogens with two attached hydrogens (primary N) is 1. The Labute approximate surface area is 197 Å². The third kappa shape index (κ3) is 3.75. The van der Waals surface area contributed by atoms with Crippen molar-refractivity contribution in [2.24, 2.45) is 0 Å². The molecule has 1 aliphatic heterocycles. The third-order valence-corrected chi connectivity index (χ3v) is 6.33. The first-order chi connectivity index (χ1) is 16.5. The molecule has 170 valence electrons. The molecule has 0 atom stereocenters. The second-order valence-corrected chi connectivity index (χ2v) is 8.46. The van der Waals surface area contributed by atoms with Gasteiger partial charge in [-0.15, -0.1) is 0 Å². The molecule has 0 spiro atoms. The highest BCUT2D eigenvalue weighted by Gasteiger charge is 2.27. The van der Waals surface area contributed by atoms with Crippen LogP contribution in [0.4, 0.5) is 5.95 Å². The van der Waals surface area contributed by atoms with Gasteiger partial charge in [0.15, 0.2) is 0 Å². The molecule has 0 fully saturated rings. The number of fused-ring (bicyclic) bond motifs is 2. The van der Waals surface area contributed by atoms with Crippen molar-refractivity contribution in [3.63, 3.8) is 0 Å². The third-order valence-electron chi connectivity index (χ3n) is 6.33. The molecule has 2 heterocycles. The monoisotopic (exact) mass is 451 g/mol. The summed E-state index contributed by atoms with van der Waals surface area (Å²) in [4.78, 5) is 38.6. The minimum absolute atomic E-state index is 0.0560. The number of benzene rings is 3. The highest BCUT2D eigenvalue weighted by atomic mass is 16.2. The molecular formula is C27H25N5O2. The Hall–Kier alpha value is -4.26. The van der Waals surface area contributed by atoms with Crippen LogP contribution in [0.3, 0.4) is 0 Å². The number of amides is 2. The molecule has 5 rings (SSSR count). The molecule has 7 nitrogen and oxygen atoms in total. The van der Waals surface area contributed by atoms with Crippen LogP contribution in [0.2, 0.25) is 0 Å². The van der Waals surface area contributed by atoms with Crippen LogP contribution in [0.15, 0.2) is 66.7 Å². The maximum absolute atomic E-state index is 13.6. The second kappa shape index (κ2) is 8.59. The molecule has 7 heteroatoms. The summed E-state index contributed by atoms with van der Waals surface area (Å²) in [6.45, 7) is 3.60. The van der Waals surface area contributed by atoms with Crippen molar-refractivity contribution in [2.75, 3.05) is 19.3 Å². The van der Waals surface area contributed by atoms with Gasteiger partial charge in [-0.1, -0.05) is 48.5 Å². The smallest absolute Gasteiger partial charge is 0.273 e. The van der Waals surface area contributed by atoms with Crippen LogP contribution >= 0.6 is 0 Å². The molecule has 1 aliphatic rings. The Bertz CT molecular complexity index is 1410. The number of rotatable bonds is 4. The second-order valence-electron chi connectivity index (χ2n) is 8.46. The number of anilines is 1. The van der Waals surface area contributed by atoms with E-state index in [9.17, 15) is 9.59 Å². The van der Waals surface area contributed by atoms with E-state index in [0.29, 0.717) is 36.1 Å². The molecule has 0 saturated carbocycles. The van der Waals surface area contributed by atoms with Gasteiger partial charge in [0.2, 0.25) is 5.95 Å². The van der Waals surface area contributed by atoms with Gasteiger partial charge in [-0.05, 0) is 47.4 Å². The van der Waals surface area contributed by atoms with Gasteiger partial charge in [0.05, 0.1) is 5.52 Å². The summed E-state index contributed by atoms with van der Waals surface area (Å²) in [5.74, 6) is -0.194. The zero-order valence-corrected chi connectivity index (χ0v) is 19.2. The number of hydrogen-bond acceptors (Lipinski definition) is 5. The van der Waals surface area contributed by atoms with Gasteiger partial charge < -0.3 is 15.5 Å². The molecule has 4 aromatic rings. The lowest BCUT2D eigenvalue weighted by molar-refractivity contribution is 0.0746. The van der Waals surface area contributed by atoms with E-state index in [2.05, 4.69) is 9.97 Å². The number of carbonyl (C=O) groups is 2. The summed E-state index contributed by atoms with van der Waals surface area (Å²) in [5, 5.41) is 0.610. The lowest BCUT2D eigenvalue weighted by Gasteiger charge is -2.18. The van der Waals surface area contributed by atoms with E-state index >= 15 is 0 Å². The summed E-state index contributed by atoms with van der Waals surface area (Å²) in [6, 6.07) is 21.1. The molecule has 0 saturated heterocycles. The quantitative estimate of drug-likeness (QED) is 0.504. The number of aromatic nitrogens is 2. The lowest BCUT2D eigenvalue weighted by atomic mass is 9.97. The number of nitrogen functional groups attached to an aromatic ring is 1. The van der Waals surface area contributed by atoms with Crippen LogP contribution in [0.5, 0.6) is 0 Å². The fraction of sp³-hybridized carbons (Fsp3) is 0.185. The largest absolute Gasteiger partial charge is 0.368 e. The molecule has 34 heavy (non-hydrogen) atoms. The van der Waals surface area contributed by atoms with Gasteiger partial charge >= 0.3 is 0 Å². The van der Waals surface area contributed by atoms with Crippen LogP contribution in [0, 0.1) is 0 Å². The molecule has 2 N–H and O–H groups in total. The van der Waals surface area contributed by atoms with Gasteiger partial charge in [-0.25, -0.2) is 9.97 Å². The predicted octanol–water partition coefficient (Wildman–Crippen LogP) is 4.13. The standard InChI is InChI=1S/C27H25N5O2/c1-3-31(2)25(33)21-11-7-6-10-20(21)17-12-13-23-22(14-17)24(30-27(28)29-23)26(34)32-15-18-8-4-5-9-19(18)16-32/h4-14H,3,15-16H2,1-2H3,(H2,28,29,30). The average Bonchev–Trinajstić information content (AvgIpc) is 3.31. The van der Waals surface area contributed by atoms with Gasteiger partial charge in [0.1, 0.15) is 5.69 Å². The van der Waals surface area contributed by atoms with Crippen molar-refractivity contribution in [3.05, 3.63) is 89.1 Å². The normalized spacial score (nSPS) is 12.6. The van der Waals surface area contributed by atoms with Crippen LogP contribution < -0.4 is 5.73 Å². The van der Waals surface area contributed by atoms with Crippen molar-refractivity contribution in [1.82, 2.24) is 19.8 Å². The fourth-order valence-electron chi connectivity index (χ4n) is 4.37. The van der Waals surface area contributed by atoms with E-state index in [0.717, 1.165) is 22.3 Å². The predicted molar refractivity (Wildman–Crippen MR) is 132 cm³/mol. The summed E-state index contributed by atoms with van der Waals surface area (Å²) in [6.07, 6.45) is 0. The Morgan fingerprint density at radius 2 is 1.65 bits per heavy atom. The molecule has 0 bridgehead atoms. The Morgan fingerprint density at radius 3 is 2.35 bits per heavy atom. The van der Waals surface area contributed by atoms with E-state index in [1.165, 1.54) is 0 Å². The zero-order chi connectivity index (χ0) is 23.8. The van der Waals surface area contributed by atoms with Crippen LogP contribution in [0.25, 0.3) is 22.0 Å². The average molecular weight is 452 g/mol. The summed E-state index contributed by atoms with van der Waals surface area (Å²) >= 11 is 0. The molecule has 0 unspecified atom stereocenters. The van der Waals surface area contributed by atoms with Crippen molar-refractivity contribution >= 4 is 28.7 Å². The lowest BCUT2D eigenvalue weighted by Crippen LogP contribution is -2.27. The Balaban J connectivity index is 1.59. The van der Waals surface area contributed by atoms with Gasteiger partial charge in [-0.2, -0.15) is 0 Å². The zero-order valence-electron chi connectivity index (χ0n) is 19.2.